The third kappa shape index (κ3) is 2.43. The topological polar surface area (TPSA) is 46.6 Å². The summed E-state index contributed by atoms with van der Waals surface area (Å²) in [5.41, 5.74) is 1.90. The Bertz CT molecular complexity index is 833. The molecule has 0 spiro atoms. The molecule has 0 radical (unpaired) electrons. The minimum absolute atomic E-state index is 0.159. The van der Waals surface area contributed by atoms with Gasteiger partial charge in [0.25, 0.3) is 10.0 Å². The molecule has 0 amide bonds. The normalized spacial score (nSPS) is 14.4. The molecule has 3 rings (SSSR count). The number of fused-ring (bicyclic) bond motifs is 1. The number of rotatable bonds is 2. The Hall–Kier alpha value is -2.08. The monoisotopic (exact) mass is 321 g/mol. The van der Waals surface area contributed by atoms with Crippen molar-refractivity contribution in [2.24, 2.45) is 0 Å². The second kappa shape index (κ2) is 5.28. The zero-order valence-electron chi connectivity index (χ0n) is 12.3. The summed E-state index contributed by atoms with van der Waals surface area (Å²) in [6.07, 6.45) is 0. The second-order valence-corrected chi connectivity index (χ2v) is 7.14. The molecular formula is C16H16FNO3S. The molecule has 2 aromatic carbocycles. The molecule has 6 heteroatoms. The van der Waals surface area contributed by atoms with Crippen molar-refractivity contribution in [1.82, 2.24) is 0 Å². The van der Waals surface area contributed by atoms with Crippen molar-refractivity contribution >= 4 is 15.7 Å². The number of aryl methyl sites for hydroxylation is 2. The van der Waals surface area contributed by atoms with Gasteiger partial charge in [-0.05, 0) is 37.6 Å². The van der Waals surface area contributed by atoms with E-state index in [9.17, 15) is 12.8 Å². The van der Waals surface area contributed by atoms with E-state index in [0.717, 1.165) is 5.56 Å². The van der Waals surface area contributed by atoms with Gasteiger partial charge in [-0.15, -0.1) is 0 Å². The highest BCUT2D eigenvalue weighted by Crippen LogP contribution is 2.36. The van der Waals surface area contributed by atoms with Crippen LogP contribution in [0, 0.1) is 19.7 Å². The van der Waals surface area contributed by atoms with Gasteiger partial charge in [-0.1, -0.05) is 17.7 Å². The third-order valence-corrected chi connectivity index (χ3v) is 5.61. The summed E-state index contributed by atoms with van der Waals surface area (Å²) in [5, 5.41) is 0. The number of hydrogen-bond donors (Lipinski definition) is 0. The van der Waals surface area contributed by atoms with Crippen LogP contribution in [0.3, 0.4) is 0 Å². The number of nitrogens with zero attached hydrogens (tertiary/aromatic N) is 1. The van der Waals surface area contributed by atoms with Crippen molar-refractivity contribution in [2.75, 3.05) is 17.5 Å². The summed E-state index contributed by atoms with van der Waals surface area (Å²) >= 11 is 0. The minimum Gasteiger partial charge on any atom is -0.489 e. The molecule has 0 N–H and O–H groups in total. The van der Waals surface area contributed by atoms with Gasteiger partial charge in [-0.25, -0.2) is 12.8 Å². The van der Waals surface area contributed by atoms with Crippen LogP contribution in [-0.2, 0) is 10.0 Å². The molecule has 0 bridgehead atoms. The van der Waals surface area contributed by atoms with Crippen LogP contribution >= 0.6 is 0 Å². The lowest BCUT2D eigenvalue weighted by Gasteiger charge is -2.30. The molecule has 0 aliphatic carbocycles. The maximum absolute atomic E-state index is 13.5. The molecule has 22 heavy (non-hydrogen) atoms. The second-order valence-electron chi connectivity index (χ2n) is 5.31. The first-order chi connectivity index (χ1) is 10.4. The molecule has 0 atom stereocenters. The fourth-order valence-corrected chi connectivity index (χ4v) is 4.28. The summed E-state index contributed by atoms with van der Waals surface area (Å²) < 4.78 is 46.0. The van der Waals surface area contributed by atoms with Crippen LogP contribution in [0.2, 0.25) is 0 Å². The van der Waals surface area contributed by atoms with Crippen LogP contribution in [-0.4, -0.2) is 21.6 Å². The van der Waals surface area contributed by atoms with E-state index in [0.29, 0.717) is 11.3 Å². The zero-order valence-corrected chi connectivity index (χ0v) is 13.2. The SMILES string of the molecule is Cc1ccc(S(=O)(=O)N2CCOc3ccc(F)cc32)c(C)c1. The first-order valence-corrected chi connectivity index (χ1v) is 8.36. The maximum Gasteiger partial charge on any atom is 0.264 e. The Morgan fingerprint density at radius 2 is 1.91 bits per heavy atom. The van der Waals surface area contributed by atoms with Crippen LogP contribution in [0.4, 0.5) is 10.1 Å². The van der Waals surface area contributed by atoms with Crippen molar-refractivity contribution in [1.29, 1.82) is 0 Å². The molecular weight excluding hydrogens is 305 g/mol. The first-order valence-electron chi connectivity index (χ1n) is 6.92. The highest BCUT2D eigenvalue weighted by atomic mass is 32.2. The fourth-order valence-electron chi connectivity index (χ4n) is 2.62. The first kappa shape index (κ1) is 14.8. The average Bonchev–Trinajstić information content (AvgIpc) is 2.46. The standard InChI is InChI=1S/C16H16FNO3S/c1-11-3-6-16(12(2)9-11)22(19,20)18-7-8-21-15-5-4-13(17)10-14(15)18/h3-6,9-10H,7-8H2,1-2H3. The van der Waals surface area contributed by atoms with E-state index in [2.05, 4.69) is 0 Å². The van der Waals surface area contributed by atoms with Gasteiger partial charge in [-0.3, -0.25) is 4.31 Å². The van der Waals surface area contributed by atoms with E-state index in [1.807, 2.05) is 13.0 Å². The predicted octanol–water partition coefficient (Wildman–Crippen LogP) is 3.03. The van der Waals surface area contributed by atoms with Gasteiger partial charge in [0.1, 0.15) is 18.2 Å². The molecule has 0 aromatic heterocycles. The van der Waals surface area contributed by atoms with Gasteiger partial charge >= 0.3 is 0 Å². The van der Waals surface area contributed by atoms with Crippen molar-refractivity contribution in [3.8, 4) is 5.75 Å². The number of sulfonamides is 1. The molecule has 2 aromatic rings. The van der Waals surface area contributed by atoms with Gasteiger partial charge in [0.2, 0.25) is 0 Å². The molecule has 1 aliphatic rings. The number of anilines is 1. The Morgan fingerprint density at radius 1 is 1.14 bits per heavy atom. The number of benzene rings is 2. The molecule has 0 fully saturated rings. The molecule has 116 valence electrons. The summed E-state index contributed by atoms with van der Waals surface area (Å²) in [4.78, 5) is 0.232. The third-order valence-electron chi connectivity index (χ3n) is 3.64. The lowest BCUT2D eigenvalue weighted by molar-refractivity contribution is 0.315. The average molecular weight is 321 g/mol. The minimum atomic E-state index is -3.75. The van der Waals surface area contributed by atoms with E-state index in [1.165, 1.54) is 22.5 Å². The Kier molecular flexibility index (Phi) is 3.56. The summed E-state index contributed by atoms with van der Waals surface area (Å²) in [7, 11) is -3.75. The largest absolute Gasteiger partial charge is 0.489 e. The molecule has 0 saturated carbocycles. The van der Waals surface area contributed by atoms with Gasteiger partial charge in [-0.2, -0.15) is 0 Å². The number of halogens is 1. The summed E-state index contributed by atoms with van der Waals surface area (Å²) in [6.45, 7) is 4.06. The Labute approximate surface area is 129 Å². The van der Waals surface area contributed by atoms with E-state index in [4.69, 9.17) is 4.74 Å². The lowest BCUT2D eigenvalue weighted by Crippen LogP contribution is -2.38. The quantitative estimate of drug-likeness (QED) is 0.854. The van der Waals surface area contributed by atoms with E-state index < -0.39 is 15.8 Å². The highest BCUT2D eigenvalue weighted by Gasteiger charge is 2.31. The lowest BCUT2D eigenvalue weighted by atomic mass is 10.2. The molecule has 4 nitrogen and oxygen atoms in total. The van der Waals surface area contributed by atoms with Gasteiger partial charge < -0.3 is 4.74 Å². The number of hydrogen-bond acceptors (Lipinski definition) is 3. The molecule has 0 unspecified atom stereocenters. The smallest absolute Gasteiger partial charge is 0.264 e. The maximum atomic E-state index is 13.5. The fraction of sp³-hybridized carbons (Fsp3) is 0.250. The molecule has 0 saturated heterocycles. The van der Waals surface area contributed by atoms with Crippen LogP contribution in [0.1, 0.15) is 11.1 Å². The highest BCUT2D eigenvalue weighted by molar-refractivity contribution is 7.92. The Morgan fingerprint density at radius 3 is 2.64 bits per heavy atom. The molecule has 1 heterocycles. The van der Waals surface area contributed by atoms with Crippen molar-refractivity contribution in [3.63, 3.8) is 0 Å². The van der Waals surface area contributed by atoms with Crippen LogP contribution in [0.25, 0.3) is 0 Å². The molecule has 1 aliphatic heterocycles. The van der Waals surface area contributed by atoms with Crippen LogP contribution in [0.15, 0.2) is 41.3 Å². The van der Waals surface area contributed by atoms with Gasteiger partial charge in [0.15, 0.2) is 0 Å². The van der Waals surface area contributed by atoms with E-state index >= 15 is 0 Å². The van der Waals surface area contributed by atoms with Crippen LogP contribution < -0.4 is 9.04 Å². The van der Waals surface area contributed by atoms with Gasteiger partial charge in [0, 0.05) is 6.07 Å². The van der Waals surface area contributed by atoms with Crippen molar-refractivity contribution < 1.29 is 17.5 Å². The number of ether oxygens (including phenoxy) is 1. The van der Waals surface area contributed by atoms with Crippen molar-refractivity contribution in [3.05, 3.63) is 53.3 Å². The van der Waals surface area contributed by atoms with Crippen LogP contribution in [0.5, 0.6) is 5.75 Å². The zero-order chi connectivity index (χ0) is 15.9. The Balaban J connectivity index is 2.13. The predicted molar refractivity (Wildman–Crippen MR) is 82.3 cm³/mol. The summed E-state index contributed by atoms with van der Waals surface area (Å²) in [5.74, 6) is -0.119. The van der Waals surface area contributed by atoms with Crippen molar-refractivity contribution in [2.45, 2.75) is 18.7 Å². The summed E-state index contributed by atoms with van der Waals surface area (Å²) in [6, 6.07) is 9.07. The van der Waals surface area contributed by atoms with E-state index in [-0.39, 0.29) is 23.7 Å². The van der Waals surface area contributed by atoms with Gasteiger partial charge in [0.05, 0.1) is 17.1 Å². The van der Waals surface area contributed by atoms with E-state index in [1.54, 1.807) is 19.1 Å².